The number of nitrogens with zero attached hydrogens (tertiary/aromatic N) is 2. The van der Waals surface area contributed by atoms with Gasteiger partial charge in [0.1, 0.15) is 11.4 Å². The van der Waals surface area contributed by atoms with E-state index in [1.165, 1.54) is 43.8 Å². The van der Waals surface area contributed by atoms with Gasteiger partial charge in [0.05, 0.1) is 28.7 Å². The second-order valence-corrected chi connectivity index (χ2v) is 4.36. The first kappa shape index (κ1) is 14.7. The van der Waals surface area contributed by atoms with E-state index < -0.39 is 10.8 Å². The minimum absolute atomic E-state index is 0.0470. The molecule has 2 rings (SSSR count). The summed E-state index contributed by atoms with van der Waals surface area (Å²) in [5.41, 5.74) is -0.0993. The van der Waals surface area contributed by atoms with E-state index in [0.29, 0.717) is 5.75 Å². The molecule has 1 aromatic carbocycles. The first-order chi connectivity index (χ1) is 10.0. The molecule has 0 atom stereocenters. The maximum atomic E-state index is 12.1. The summed E-state index contributed by atoms with van der Waals surface area (Å²) < 4.78 is 4.92. The topological polar surface area (TPSA) is 94.4 Å². The van der Waals surface area contributed by atoms with Gasteiger partial charge in [0.2, 0.25) is 0 Å². The summed E-state index contributed by atoms with van der Waals surface area (Å²) in [6.07, 6.45) is 2.72. The van der Waals surface area contributed by atoms with E-state index in [9.17, 15) is 14.9 Å². The van der Waals surface area contributed by atoms with Crippen LogP contribution in [0.5, 0.6) is 5.75 Å². The van der Waals surface area contributed by atoms with Gasteiger partial charge in [0.25, 0.3) is 11.6 Å². The molecule has 8 heteroatoms. The van der Waals surface area contributed by atoms with Crippen LogP contribution in [0.1, 0.15) is 10.4 Å². The molecule has 108 valence electrons. The molecule has 1 amide bonds. The zero-order chi connectivity index (χ0) is 15.4. The average molecular weight is 308 g/mol. The van der Waals surface area contributed by atoms with Gasteiger partial charge in [-0.2, -0.15) is 0 Å². The zero-order valence-corrected chi connectivity index (χ0v) is 11.6. The third-order valence-electron chi connectivity index (χ3n) is 2.66. The van der Waals surface area contributed by atoms with Crippen molar-refractivity contribution in [2.45, 2.75) is 0 Å². The van der Waals surface area contributed by atoms with Gasteiger partial charge in [0.15, 0.2) is 0 Å². The van der Waals surface area contributed by atoms with Gasteiger partial charge in [-0.25, -0.2) is 0 Å². The van der Waals surface area contributed by atoms with E-state index in [4.69, 9.17) is 16.3 Å². The fraction of sp³-hybridized carbons (Fsp3) is 0.0769. The molecule has 0 bridgehead atoms. The number of rotatable bonds is 4. The van der Waals surface area contributed by atoms with Crippen molar-refractivity contribution in [3.63, 3.8) is 0 Å². The molecule has 1 aromatic heterocycles. The summed E-state index contributed by atoms with van der Waals surface area (Å²) >= 11 is 5.88. The molecule has 0 radical (unpaired) electrons. The highest BCUT2D eigenvalue weighted by atomic mass is 35.5. The van der Waals surface area contributed by atoms with Crippen LogP contribution in [0.15, 0.2) is 36.7 Å². The summed E-state index contributed by atoms with van der Waals surface area (Å²) in [4.78, 5) is 26.3. The lowest BCUT2D eigenvalue weighted by Crippen LogP contribution is -2.14. The Morgan fingerprint density at radius 2 is 2.19 bits per heavy atom. The number of hydrogen-bond donors (Lipinski definition) is 1. The fourth-order valence-electron chi connectivity index (χ4n) is 1.63. The lowest BCUT2D eigenvalue weighted by atomic mass is 10.2. The van der Waals surface area contributed by atoms with Crippen molar-refractivity contribution in [3.8, 4) is 5.75 Å². The van der Waals surface area contributed by atoms with Gasteiger partial charge < -0.3 is 10.1 Å². The van der Waals surface area contributed by atoms with Gasteiger partial charge in [-0.1, -0.05) is 11.6 Å². The molecule has 0 aliphatic carbocycles. The second-order valence-electron chi connectivity index (χ2n) is 3.95. The Balaban J connectivity index is 2.33. The largest absolute Gasteiger partial charge is 0.496 e. The van der Waals surface area contributed by atoms with Crippen LogP contribution in [0.25, 0.3) is 0 Å². The number of benzene rings is 1. The number of pyridine rings is 1. The number of amides is 1. The molecule has 0 saturated heterocycles. The van der Waals surface area contributed by atoms with Crippen LogP contribution in [0.4, 0.5) is 11.4 Å². The number of aromatic nitrogens is 1. The molecule has 0 fully saturated rings. The first-order valence-corrected chi connectivity index (χ1v) is 6.14. The predicted octanol–water partition coefficient (Wildman–Crippen LogP) is 2.90. The number of hydrogen-bond acceptors (Lipinski definition) is 5. The molecule has 0 spiro atoms. The van der Waals surface area contributed by atoms with Crippen LogP contribution in [0.2, 0.25) is 5.02 Å². The van der Waals surface area contributed by atoms with Crippen molar-refractivity contribution >= 4 is 28.9 Å². The Labute approximate surface area is 124 Å². The van der Waals surface area contributed by atoms with Crippen molar-refractivity contribution in [1.82, 2.24) is 4.98 Å². The van der Waals surface area contributed by atoms with Crippen LogP contribution < -0.4 is 10.1 Å². The summed E-state index contributed by atoms with van der Waals surface area (Å²) in [5.74, 6) is -0.263. The minimum atomic E-state index is -0.608. The van der Waals surface area contributed by atoms with E-state index in [1.807, 2.05) is 0 Å². The average Bonchev–Trinajstić information content (AvgIpc) is 2.47. The van der Waals surface area contributed by atoms with E-state index in [0.717, 1.165) is 0 Å². The number of nitro groups is 1. The maximum Gasteiger partial charge on any atom is 0.296 e. The number of carbonyl (C=O) groups excluding carboxylic acids is 1. The summed E-state index contributed by atoms with van der Waals surface area (Å²) in [5, 5.41) is 13.7. The minimum Gasteiger partial charge on any atom is -0.496 e. The van der Waals surface area contributed by atoms with Crippen LogP contribution in [-0.2, 0) is 0 Å². The molecule has 0 aliphatic rings. The quantitative estimate of drug-likeness (QED) is 0.692. The molecule has 0 saturated carbocycles. The van der Waals surface area contributed by atoms with E-state index in [-0.39, 0.29) is 22.0 Å². The van der Waals surface area contributed by atoms with Crippen LogP contribution in [0, 0.1) is 10.1 Å². The predicted molar refractivity (Wildman–Crippen MR) is 76.8 cm³/mol. The SMILES string of the molecule is COc1ccc(NC(=O)c2cnccc2Cl)c([N+](=O)[O-])c1. The van der Waals surface area contributed by atoms with Crippen molar-refractivity contribution in [2.75, 3.05) is 12.4 Å². The highest BCUT2D eigenvalue weighted by molar-refractivity contribution is 6.34. The lowest BCUT2D eigenvalue weighted by molar-refractivity contribution is -0.384. The molecule has 1 heterocycles. The van der Waals surface area contributed by atoms with Gasteiger partial charge in [0, 0.05) is 12.4 Å². The number of halogens is 1. The van der Waals surface area contributed by atoms with Gasteiger partial charge in [-0.15, -0.1) is 0 Å². The molecule has 1 N–H and O–H groups in total. The molecule has 2 aromatic rings. The molecular weight excluding hydrogens is 298 g/mol. The van der Waals surface area contributed by atoms with Crippen LogP contribution >= 0.6 is 11.6 Å². The van der Waals surface area contributed by atoms with Gasteiger partial charge >= 0.3 is 0 Å². The number of methoxy groups -OCH3 is 1. The van der Waals surface area contributed by atoms with Gasteiger partial charge in [-0.3, -0.25) is 19.9 Å². The lowest BCUT2D eigenvalue weighted by Gasteiger charge is -2.08. The van der Waals surface area contributed by atoms with Crippen LogP contribution in [-0.4, -0.2) is 22.9 Å². The number of nitro benzene ring substituents is 1. The Morgan fingerprint density at radius 1 is 1.43 bits per heavy atom. The van der Waals surface area contributed by atoms with E-state index in [2.05, 4.69) is 10.3 Å². The van der Waals surface area contributed by atoms with E-state index in [1.54, 1.807) is 0 Å². The number of ether oxygens (including phenoxy) is 1. The smallest absolute Gasteiger partial charge is 0.296 e. The summed E-state index contributed by atoms with van der Waals surface area (Å²) in [6, 6.07) is 5.58. The Bertz CT molecular complexity index is 706. The van der Waals surface area contributed by atoms with Crippen molar-refractivity contribution in [3.05, 3.63) is 57.4 Å². The molecule has 7 nitrogen and oxygen atoms in total. The van der Waals surface area contributed by atoms with Crippen molar-refractivity contribution < 1.29 is 14.5 Å². The molecule has 0 unspecified atom stereocenters. The van der Waals surface area contributed by atoms with E-state index >= 15 is 0 Å². The summed E-state index contributed by atoms with van der Waals surface area (Å²) in [6.45, 7) is 0. The van der Waals surface area contributed by atoms with Gasteiger partial charge in [-0.05, 0) is 18.2 Å². The maximum absolute atomic E-state index is 12.1. The zero-order valence-electron chi connectivity index (χ0n) is 10.9. The fourth-order valence-corrected chi connectivity index (χ4v) is 1.82. The highest BCUT2D eigenvalue weighted by Gasteiger charge is 2.19. The first-order valence-electron chi connectivity index (χ1n) is 5.76. The highest BCUT2D eigenvalue weighted by Crippen LogP contribution is 2.29. The third kappa shape index (κ3) is 3.26. The summed E-state index contributed by atoms with van der Waals surface area (Å²) in [7, 11) is 1.40. The standard InChI is InChI=1S/C13H10ClN3O4/c1-21-8-2-3-11(12(6-8)17(19)20)16-13(18)9-7-15-5-4-10(9)14/h2-7H,1H3,(H,16,18). The number of nitrogens with one attached hydrogen (secondary N) is 1. The molecule has 21 heavy (non-hydrogen) atoms. The second kappa shape index (κ2) is 6.19. The number of carbonyl (C=O) groups is 1. The Kier molecular flexibility index (Phi) is 4.34. The third-order valence-corrected chi connectivity index (χ3v) is 2.99. The molecule has 0 aliphatic heterocycles. The van der Waals surface area contributed by atoms with Crippen molar-refractivity contribution in [2.24, 2.45) is 0 Å². The Hall–Kier alpha value is -2.67. The Morgan fingerprint density at radius 3 is 2.81 bits per heavy atom. The van der Waals surface area contributed by atoms with Crippen LogP contribution in [0.3, 0.4) is 0 Å². The monoisotopic (exact) mass is 307 g/mol. The normalized spacial score (nSPS) is 10.0. The number of anilines is 1. The molecular formula is C13H10ClN3O4. The van der Waals surface area contributed by atoms with Crippen molar-refractivity contribution in [1.29, 1.82) is 0 Å².